The first-order chi connectivity index (χ1) is 11.0. The van der Waals surface area contributed by atoms with Crippen LogP contribution in [0.3, 0.4) is 0 Å². The second-order valence-electron chi connectivity index (χ2n) is 6.04. The maximum Gasteiger partial charge on any atom is 0.303 e. The van der Waals surface area contributed by atoms with E-state index >= 15 is 0 Å². The molecule has 0 aliphatic rings. The molecule has 0 amide bonds. The van der Waals surface area contributed by atoms with E-state index in [0.29, 0.717) is 19.3 Å². The molecule has 2 atom stereocenters. The highest BCUT2D eigenvalue weighted by molar-refractivity contribution is 5.89. The van der Waals surface area contributed by atoms with Crippen molar-refractivity contribution in [3.8, 4) is 0 Å². The first kappa shape index (κ1) is 21.8. The topological polar surface area (TPSA) is 94.8 Å². The Morgan fingerprint density at radius 3 is 2.13 bits per heavy atom. The Kier molecular flexibility index (Phi) is 13.6. The molecule has 0 saturated heterocycles. The van der Waals surface area contributed by atoms with Crippen LogP contribution in [-0.2, 0) is 9.59 Å². The van der Waals surface area contributed by atoms with Gasteiger partial charge in [0.2, 0.25) is 0 Å². The fourth-order valence-corrected chi connectivity index (χ4v) is 2.30. The van der Waals surface area contributed by atoms with Gasteiger partial charge in [-0.1, -0.05) is 51.5 Å². The molecule has 0 spiro atoms. The molecule has 0 saturated carbocycles. The molecule has 0 bridgehead atoms. The van der Waals surface area contributed by atoms with Gasteiger partial charge in [-0.2, -0.15) is 0 Å². The molecule has 0 rings (SSSR count). The number of allylic oxidation sites excluding steroid dienone is 1. The molecule has 0 aliphatic heterocycles. The van der Waals surface area contributed by atoms with Gasteiger partial charge in [0.05, 0.1) is 12.2 Å². The van der Waals surface area contributed by atoms with Crippen LogP contribution < -0.4 is 0 Å². The number of carbonyl (C=O) groups is 2. The van der Waals surface area contributed by atoms with Crippen molar-refractivity contribution >= 4 is 11.8 Å². The first-order valence-electron chi connectivity index (χ1n) is 8.76. The molecule has 0 aliphatic carbocycles. The number of ketones is 1. The van der Waals surface area contributed by atoms with E-state index in [1.807, 2.05) is 0 Å². The molecule has 2 unspecified atom stereocenters. The van der Waals surface area contributed by atoms with Crippen LogP contribution in [0.4, 0.5) is 0 Å². The number of hydrogen-bond acceptors (Lipinski definition) is 4. The van der Waals surface area contributed by atoms with Crippen LogP contribution in [0.15, 0.2) is 12.2 Å². The van der Waals surface area contributed by atoms with Crippen molar-refractivity contribution in [3.05, 3.63) is 12.2 Å². The number of aliphatic carboxylic acids is 1. The Morgan fingerprint density at radius 1 is 0.913 bits per heavy atom. The van der Waals surface area contributed by atoms with Gasteiger partial charge in [0.25, 0.3) is 0 Å². The van der Waals surface area contributed by atoms with Crippen molar-refractivity contribution < 1.29 is 24.9 Å². The average Bonchev–Trinajstić information content (AvgIpc) is 2.51. The quantitative estimate of drug-likeness (QED) is 0.317. The van der Waals surface area contributed by atoms with Crippen LogP contribution in [0.1, 0.15) is 77.6 Å². The van der Waals surface area contributed by atoms with Gasteiger partial charge < -0.3 is 15.3 Å². The normalized spacial score (nSPS) is 14.0. The van der Waals surface area contributed by atoms with E-state index in [-0.39, 0.29) is 12.2 Å². The van der Waals surface area contributed by atoms with Crippen molar-refractivity contribution in [1.29, 1.82) is 0 Å². The highest BCUT2D eigenvalue weighted by Gasteiger charge is 2.12. The second-order valence-corrected chi connectivity index (χ2v) is 6.04. The van der Waals surface area contributed by atoms with E-state index in [4.69, 9.17) is 5.11 Å². The summed E-state index contributed by atoms with van der Waals surface area (Å²) in [6.45, 7) is 2.08. The van der Waals surface area contributed by atoms with Gasteiger partial charge in [0.15, 0.2) is 5.78 Å². The van der Waals surface area contributed by atoms with Crippen LogP contribution in [-0.4, -0.2) is 39.3 Å². The smallest absolute Gasteiger partial charge is 0.303 e. The van der Waals surface area contributed by atoms with Crippen molar-refractivity contribution in [2.45, 2.75) is 89.8 Å². The van der Waals surface area contributed by atoms with E-state index in [1.54, 1.807) is 0 Å². The molecule has 0 aromatic heterocycles. The summed E-state index contributed by atoms with van der Waals surface area (Å²) in [6.07, 6.45) is 9.26. The lowest BCUT2D eigenvalue weighted by Crippen LogP contribution is -2.23. The van der Waals surface area contributed by atoms with E-state index in [0.717, 1.165) is 44.9 Å². The Labute approximate surface area is 139 Å². The lowest BCUT2D eigenvalue weighted by atomic mass is 10.0. The SMILES string of the molecule is CCCCCC(O)C(O)/C=C/C(=O)CCCCCCCC(=O)O. The van der Waals surface area contributed by atoms with Crippen LogP contribution in [0.2, 0.25) is 0 Å². The molecule has 0 radical (unpaired) electrons. The van der Waals surface area contributed by atoms with Gasteiger partial charge in [-0.05, 0) is 25.3 Å². The fourth-order valence-electron chi connectivity index (χ4n) is 2.30. The van der Waals surface area contributed by atoms with Crippen molar-refractivity contribution in [1.82, 2.24) is 0 Å². The number of carbonyl (C=O) groups excluding carboxylic acids is 1. The fraction of sp³-hybridized carbons (Fsp3) is 0.778. The van der Waals surface area contributed by atoms with Gasteiger partial charge in [-0.15, -0.1) is 0 Å². The summed E-state index contributed by atoms with van der Waals surface area (Å²) >= 11 is 0. The largest absolute Gasteiger partial charge is 0.481 e. The standard InChI is InChI=1S/C18H32O5/c1-2-3-7-11-16(20)17(21)14-13-15(19)10-8-5-4-6-9-12-18(22)23/h13-14,16-17,20-21H,2-12H2,1H3,(H,22,23)/b14-13+. The number of carboxylic acids is 1. The number of hydrogen-bond donors (Lipinski definition) is 3. The maximum absolute atomic E-state index is 11.7. The van der Waals surface area contributed by atoms with E-state index in [1.165, 1.54) is 12.2 Å². The van der Waals surface area contributed by atoms with E-state index in [9.17, 15) is 19.8 Å². The molecule has 23 heavy (non-hydrogen) atoms. The predicted molar refractivity (Wildman–Crippen MR) is 90.3 cm³/mol. The van der Waals surface area contributed by atoms with Crippen LogP contribution in [0, 0.1) is 0 Å². The molecule has 3 N–H and O–H groups in total. The Bertz CT molecular complexity index is 351. The van der Waals surface area contributed by atoms with Crippen LogP contribution >= 0.6 is 0 Å². The monoisotopic (exact) mass is 328 g/mol. The molecular formula is C18H32O5. The molecule has 0 aromatic rings. The van der Waals surface area contributed by atoms with Gasteiger partial charge in [0.1, 0.15) is 0 Å². The zero-order valence-electron chi connectivity index (χ0n) is 14.2. The van der Waals surface area contributed by atoms with Crippen LogP contribution in [0.5, 0.6) is 0 Å². The molecule has 134 valence electrons. The molecular weight excluding hydrogens is 296 g/mol. The van der Waals surface area contributed by atoms with Gasteiger partial charge in [0, 0.05) is 12.8 Å². The highest BCUT2D eigenvalue weighted by atomic mass is 16.4. The lowest BCUT2D eigenvalue weighted by molar-refractivity contribution is -0.137. The molecule has 5 nitrogen and oxygen atoms in total. The van der Waals surface area contributed by atoms with Gasteiger partial charge in [-0.25, -0.2) is 0 Å². The Balaban J connectivity index is 3.69. The minimum Gasteiger partial charge on any atom is -0.481 e. The summed E-state index contributed by atoms with van der Waals surface area (Å²) < 4.78 is 0. The number of unbranched alkanes of at least 4 members (excludes halogenated alkanes) is 6. The summed E-state index contributed by atoms with van der Waals surface area (Å²) in [7, 11) is 0. The number of rotatable bonds is 15. The molecule has 0 aromatic carbocycles. The van der Waals surface area contributed by atoms with E-state index in [2.05, 4.69) is 6.92 Å². The molecule has 0 heterocycles. The van der Waals surface area contributed by atoms with Crippen molar-refractivity contribution in [3.63, 3.8) is 0 Å². The van der Waals surface area contributed by atoms with Gasteiger partial charge in [-0.3, -0.25) is 9.59 Å². The minimum atomic E-state index is -0.980. The average molecular weight is 328 g/mol. The first-order valence-corrected chi connectivity index (χ1v) is 8.76. The minimum absolute atomic E-state index is 0.0460. The second kappa shape index (κ2) is 14.4. The van der Waals surface area contributed by atoms with Gasteiger partial charge >= 0.3 is 5.97 Å². The summed E-state index contributed by atoms with van der Waals surface area (Å²) in [4.78, 5) is 22.0. The maximum atomic E-state index is 11.7. The summed E-state index contributed by atoms with van der Waals surface area (Å²) in [5.41, 5.74) is 0. The summed E-state index contributed by atoms with van der Waals surface area (Å²) in [5.74, 6) is -0.809. The number of aliphatic hydroxyl groups excluding tert-OH is 2. The number of aliphatic hydroxyl groups is 2. The summed E-state index contributed by atoms with van der Waals surface area (Å²) in [5, 5.41) is 28.0. The Hall–Kier alpha value is -1.20. The third-order valence-corrected chi connectivity index (χ3v) is 3.79. The van der Waals surface area contributed by atoms with Crippen molar-refractivity contribution in [2.75, 3.05) is 0 Å². The van der Waals surface area contributed by atoms with Crippen molar-refractivity contribution in [2.24, 2.45) is 0 Å². The number of carboxylic acid groups (broad SMARTS) is 1. The van der Waals surface area contributed by atoms with E-state index < -0.39 is 18.2 Å². The zero-order chi connectivity index (χ0) is 17.5. The Morgan fingerprint density at radius 2 is 1.52 bits per heavy atom. The highest BCUT2D eigenvalue weighted by Crippen LogP contribution is 2.10. The van der Waals surface area contributed by atoms with Crippen LogP contribution in [0.25, 0.3) is 0 Å². The summed E-state index contributed by atoms with van der Waals surface area (Å²) in [6, 6.07) is 0. The molecule has 0 fully saturated rings. The third kappa shape index (κ3) is 14.1. The third-order valence-electron chi connectivity index (χ3n) is 3.79. The predicted octanol–water partition coefficient (Wildman–Crippen LogP) is 3.23. The zero-order valence-corrected chi connectivity index (χ0v) is 14.2. The lowest BCUT2D eigenvalue weighted by Gasteiger charge is -2.13. The molecule has 5 heteroatoms.